The van der Waals surface area contributed by atoms with Crippen LogP contribution in [-0.2, 0) is 9.63 Å². The third-order valence-electron chi connectivity index (χ3n) is 4.11. The lowest BCUT2D eigenvalue weighted by atomic mass is 9.95. The Labute approximate surface area is 145 Å². The molecule has 25 heavy (non-hydrogen) atoms. The quantitative estimate of drug-likeness (QED) is 0.924. The average Bonchev–Trinajstić information content (AvgIpc) is 3.12. The molecule has 1 atom stereocenters. The van der Waals surface area contributed by atoms with E-state index in [1.54, 1.807) is 23.7 Å². The average molecular weight is 344 g/mol. The van der Waals surface area contributed by atoms with Gasteiger partial charge in [0.15, 0.2) is 0 Å². The van der Waals surface area contributed by atoms with Gasteiger partial charge >= 0.3 is 0 Å². The zero-order valence-corrected chi connectivity index (χ0v) is 14.7. The maximum absolute atomic E-state index is 13.1. The summed E-state index contributed by atoms with van der Waals surface area (Å²) in [5, 5.41) is 11.3. The normalized spacial score (nSPS) is 19.7. The second-order valence-electron chi connectivity index (χ2n) is 6.71. The van der Waals surface area contributed by atoms with Gasteiger partial charge in [0.2, 0.25) is 5.60 Å². The van der Waals surface area contributed by atoms with Crippen LogP contribution in [0.4, 0.5) is 10.2 Å². The second kappa shape index (κ2) is 6.31. The van der Waals surface area contributed by atoms with E-state index in [4.69, 9.17) is 4.84 Å². The lowest BCUT2D eigenvalue weighted by Gasteiger charge is -2.21. The molecule has 0 bridgehead atoms. The molecule has 2 aromatic rings. The molecule has 1 N–H and O–H groups in total. The van der Waals surface area contributed by atoms with Crippen molar-refractivity contribution in [3.8, 4) is 0 Å². The Morgan fingerprint density at radius 2 is 2.04 bits per heavy atom. The third kappa shape index (κ3) is 3.40. The Bertz CT molecular complexity index is 826. The van der Waals surface area contributed by atoms with E-state index in [9.17, 15) is 9.18 Å². The van der Waals surface area contributed by atoms with Gasteiger partial charge in [0.05, 0.1) is 11.4 Å². The molecule has 132 valence electrons. The number of carbonyl (C=O) groups is 1. The summed E-state index contributed by atoms with van der Waals surface area (Å²) in [6.45, 7) is 7.54. The molecule has 0 fully saturated rings. The van der Waals surface area contributed by atoms with Gasteiger partial charge in [-0.25, -0.2) is 9.07 Å². The first-order chi connectivity index (χ1) is 11.8. The highest BCUT2D eigenvalue weighted by atomic mass is 19.1. The largest absolute Gasteiger partial charge is 0.379 e. The number of halogens is 1. The number of rotatable bonds is 4. The van der Waals surface area contributed by atoms with E-state index in [-0.39, 0.29) is 17.8 Å². The number of amides is 1. The molecule has 6 nitrogen and oxygen atoms in total. The molecule has 1 aliphatic rings. The predicted octanol–water partition coefficient (Wildman–Crippen LogP) is 3.43. The molecule has 0 saturated carbocycles. The molecular formula is C18H21FN4O2. The van der Waals surface area contributed by atoms with Crippen LogP contribution in [0.1, 0.15) is 44.5 Å². The molecule has 0 radical (unpaired) electrons. The van der Waals surface area contributed by atoms with Crippen LogP contribution in [-0.4, -0.2) is 27.0 Å². The van der Waals surface area contributed by atoms with Crippen LogP contribution in [0.25, 0.3) is 0 Å². The maximum atomic E-state index is 13.1. The number of aromatic nitrogens is 2. The topological polar surface area (TPSA) is 68.5 Å². The van der Waals surface area contributed by atoms with Gasteiger partial charge in [-0.2, -0.15) is 5.10 Å². The number of nitrogens with zero attached hydrogens (tertiary/aromatic N) is 3. The van der Waals surface area contributed by atoms with Gasteiger partial charge in [-0.05, 0) is 45.4 Å². The Morgan fingerprint density at radius 1 is 1.36 bits per heavy atom. The fourth-order valence-corrected chi connectivity index (χ4v) is 2.71. The molecule has 1 aromatic heterocycles. The van der Waals surface area contributed by atoms with Crippen LogP contribution < -0.4 is 5.32 Å². The SMILES string of the molecule is Cc1cc(NC(=O)[C@@]2(C)CC(c3ccc(F)cc3)=NO2)n(C(C)C)n1. The van der Waals surface area contributed by atoms with Crippen molar-refractivity contribution in [1.82, 2.24) is 9.78 Å². The highest BCUT2D eigenvalue weighted by Gasteiger charge is 2.42. The van der Waals surface area contributed by atoms with Crippen molar-refractivity contribution >= 4 is 17.4 Å². The number of hydrogen-bond donors (Lipinski definition) is 1. The highest BCUT2D eigenvalue weighted by Crippen LogP contribution is 2.28. The summed E-state index contributed by atoms with van der Waals surface area (Å²) in [4.78, 5) is 18.2. The summed E-state index contributed by atoms with van der Waals surface area (Å²) >= 11 is 0. The fourth-order valence-electron chi connectivity index (χ4n) is 2.71. The van der Waals surface area contributed by atoms with Gasteiger partial charge in [0, 0.05) is 18.5 Å². The number of carbonyl (C=O) groups excluding carboxylic acids is 1. The van der Waals surface area contributed by atoms with Crippen molar-refractivity contribution in [2.75, 3.05) is 5.32 Å². The molecule has 1 aromatic carbocycles. The zero-order chi connectivity index (χ0) is 18.2. The fraction of sp³-hybridized carbons (Fsp3) is 0.389. The first kappa shape index (κ1) is 17.1. The van der Waals surface area contributed by atoms with Gasteiger partial charge in [-0.15, -0.1) is 0 Å². The minimum atomic E-state index is -1.12. The number of oxime groups is 1. The van der Waals surface area contributed by atoms with Crippen LogP contribution in [0, 0.1) is 12.7 Å². The van der Waals surface area contributed by atoms with Crippen molar-refractivity contribution in [1.29, 1.82) is 0 Å². The van der Waals surface area contributed by atoms with Crippen LogP contribution in [0.15, 0.2) is 35.5 Å². The minimum absolute atomic E-state index is 0.118. The summed E-state index contributed by atoms with van der Waals surface area (Å²) in [6, 6.07) is 7.90. The summed E-state index contributed by atoms with van der Waals surface area (Å²) in [6.07, 6.45) is 0.305. The number of aryl methyl sites for hydroxylation is 1. The number of benzene rings is 1. The standard InChI is InChI=1S/C18H21FN4O2/c1-11(2)23-16(9-12(3)21-23)20-17(24)18(4)10-15(22-25-18)13-5-7-14(19)8-6-13/h5-9,11H,10H2,1-4H3,(H,20,24)/t18-/m1/s1. The lowest BCUT2D eigenvalue weighted by Crippen LogP contribution is -2.40. The van der Waals surface area contributed by atoms with Crippen molar-refractivity contribution in [3.05, 3.63) is 47.4 Å². The smallest absolute Gasteiger partial charge is 0.272 e. The molecule has 7 heteroatoms. The highest BCUT2D eigenvalue weighted by molar-refractivity contribution is 6.07. The predicted molar refractivity (Wildman–Crippen MR) is 93.0 cm³/mol. The van der Waals surface area contributed by atoms with Crippen molar-refractivity contribution in [2.45, 2.75) is 45.8 Å². The van der Waals surface area contributed by atoms with Crippen LogP contribution in [0.5, 0.6) is 0 Å². The number of hydrogen-bond acceptors (Lipinski definition) is 4. The zero-order valence-electron chi connectivity index (χ0n) is 14.7. The van der Waals surface area contributed by atoms with Crippen LogP contribution in [0.3, 0.4) is 0 Å². The van der Waals surface area contributed by atoms with Gasteiger partial charge in [-0.1, -0.05) is 17.3 Å². The van der Waals surface area contributed by atoms with Crippen molar-refractivity contribution in [3.63, 3.8) is 0 Å². The van der Waals surface area contributed by atoms with Crippen molar-refractivity contribution < 1.29 is 14.0 Å². The van der Waals surface area contributed by atoms with Gasteiger partial charge in [-0.3, -0.25) is 4.79 Å². The molecular weight excluding hydrogens is 323 g/mol. The minimum Gasteiger partial charge on any atom is -0.379 e. The Hall–Kier alpha value is -2.70. The number of anilines is 1. The first-order valence-corrected chi connectivity index (χ1v) is 8.17. The van der Waals surface area contributed by atoms with Crippen LogP contribution >= 0.6 is 0 Å². The van der Waals surface area contributed by atoms with E-state index in [1.807, 2.05) is 26.8 Å². The first-order valence-electron chi connectivity index (χ1n) is 8.17. The molecule has 0 spiro atoms. The van der Waals surface area contributed by atoms with E-state index in [2.05, 4.69) is 15.6 Å². The maximum Gasteiger partial charge on any atom is 0.272 e. The molecule has 2 heterocycles. The molecule has 0 aliphatic carbocycles. The van der Waals surface area contributed by atoms with E-state index < -0.39 is 5.60 Å². The van der Waals surface area contributed by atoms with Gasteiger partial charge in [0.25, 0.3) is 5.91 Å². The Kier molecular flexibility index (Phi) is 4.32. The van der Waals surface area contributed by atoms with E-state index >= 15 is 0 Å². The van der Waals surface area contributed by atoms with Gasteiger partial charge < -0.3 is 10.2 Å². The third-order valence-corrected chi connectivity index (χ3v) is 4.11. The molecule has 3 rings (SSSR count). The van der Waals surface area contributed by atoms with E-state index in [0.29, 0.717) is 18.0 Å². The second-order valence-corrected chi connectivity index (χ2v) is 6.71. The summed E-state index contributed by atoms with van der Waals surface area (Å²) in [7, 11) is 0. The molecule has 0 unspecified atom stereocenters. The van der Waals surface area contributed by atoms with Crippen LogP contribution in [0.2, 0.25) is 0 Å². The van der Waals surface area contributed by atoms with E-state index in [0.717, 1.165) is 11.3 Å². The monoisotopic (exact) mass is 344 g/mol. The molecule has 1 amide bonds. The lowest BCUT2D eigenvalue weighted by molar-refractivity contribution is -0.136. The van der Waals surface area contributed by atoms with Crippen molar-refractivity contribution in [2.24, 2.45) is 5.16 Å². The summed E-state index contributed by atoms with van der Waals surface area (Å²) in [5.74, 6) is 0.00815. The molecule has 0 saturated heterocycles. The van der Waals surface area contributed by atoms with E-state index in [1.165, 1.54) is 12.1 Å². The van der Waals surface area contributed by atoms with Gasteiger partial charge in [0.1, 0.15) is 11.6 Å². The number of nitrogens with one attached hydrogen (secondary N) is 1. The molecule has 1 aliphatic heterocycles. The Balaban J connectivity index is 1.74. The summed E-state index contributed by atoms with van der Waals surface area (Å²) < 4.78 is 14.8. The Morgan fingerprint density at radius 3 is 2.68 bits per heavy atom. The summed E-state index contributed by atoms with van der Waals surface area (Å²) in [5.41, 5.74) is 1.06.